The summed E-state index contributed by atoms with van der Waals surface area (Å²) < 4.78 is 11.9. The number of fused-ring (bicyclic) bond motifs is 3. The summed E-state index contributed by atoms with van der Waals surface area (Å²) in [6.45, 7) is 2.52. The molecule has 1 spiro atoms. The number of urea groups is 1. The lowest BCUT2D eigenvalue weighted by molar-refractivity contribution is -0.0272. The van der Waals surface area contributed by atoms with Gasteiger partial charge in [0.05, 0.1) is 13.2 Å². The fourth-order valence-corrected chi connectivity index (χ4v) is 4.24. The minimum Gasteiger partial charge on any atom is -0.461 e. The molecule has 5 heteroatoms. The first-order valence-corrected chi connectivity index (χ1v) is 9.46. The Balaban J connectivity index is 1.19. The Labute approximate surface area is 157 Å². The molecular weight excluding hydrogens is 340 g/mol. The normalized spacial score (nSPS) is 21.1. The van der Waals surface area contributed by atoms with Gasteiger partial charge in [-0.1, -0.05) is 42.5 Å². The van der Waals surface area contributed by atoms with E-state index in [4.69, 9.17) is 9.15 Å². The lowest BCUT2D eigenvalue weighted by Gasteiger charge is -2.24. The number of nitrogens with zero attached hydrogens (tertiary/aromatic N) is 1. The molecule has 0 radical (unpaired) electrons. The lowest BCUT2D eigenvalue weighted by Crippen LogP contribution is -2.41. The van der Waals surface area contributed by atoms with Crippen LogP contribution < -0.4 is 5.32 Å². The largest absolute Gasteiger partial charge is 0.461 e. The predicted molar refractivity (Wildman–Crippen MR) is 102 cm³/mol. The molecule has 2 amide bonds. The second kappa shape index (κ2) is 6.43. The molecule has 0 bridgehead atoms. The van der Waals surface area contributed by atoms with Crippen LogP contribution in [-0.2, 0) is 23.4 Å². The summed E-state index contributed by atoms with van der Waals surface area (Å²) in [5.41, 5.74) is 3.04. The van der Waals surface area contributed by atoms with Gasteiger partial charge in [0.2, 0.25) is 0 Å². The minimum atomic E-state index is -0.327. The third-order valence-electron chi connectivity index (χ3n) is 5.66. The summed E-state index contributed by atoms with van der Waals surface area (Å²) in [5.74, 6) is 0.891. The van der Waals surface area contributed by atoms with Crippen LogP contribution in [0.15, 0.2) is 59.0 Å². The van der Waals surface area contributed by atoms with Gasteiger partial charge < -0.3 is 19.4 Å². The number of furan rings is 1. The van der Waals surface area contributed by atoms with Crippen molar-refractivity contribution in [2.75, 3.05) is 19.6 Å². The van der Waals surface area contributed by atoms with Crippen LogP contribution in [0.25, 0.3) is 11.0 Å². The molecule has 1 atom stereocenters. The van der Waals surface area contributed by atoms with Gasteiger partial charge in [0.15, 0.2) is 0 Å². The van der Waals surface area contributed by atoms with Gasteiger partial charge in [0, 0.05) is 31.3 Å². The standard InChI is InChI=1S/C22H22N2O3/c25-21(23-11-9-18-13-16-5-2-4-8-20(16)27-18)24-12-10-22(15-24)19-7-3-1-6-17(19)14-26-22/h1-8,13H,9-12,14-15H2,(H,23,25). The number of ether oxygens (including phenoxy) is 1. The van der Waals surface area contributed by atoms with E-state index < -0.39 is 0 Å². The number of benzene rings is 2. The molecule has 27 heavy (non-hydrogen) atoms. The number of nitrogens with one attached hydrogen (secondary N) is 1. The molecule has 0 aliphatic carbocycles. The zero-order valence-electron chi connectivity index (χ0n) is 15.1. The van der Waals surface area contributed by atoms with Crippen LogP contribution in [0.2, 0.25) is 0 Å². The molecule has 5 nitrogen and oxygen atoms in total. The first kappa shape index (κ1) is 16.4. The van der Waals surface area contributed by atoms with Gasteiger partial charge >= 0.3 is 6.03 Å². The summed E-state index contributed by atoms with van der Waals surface area (Å²) in [6.07, 6.45) is 1.53. The number of carbonyl (C=O) groups is 1. The maximum Gasteiger partial charge on any atom is 0.317 e. The fraction of sp³-hybridized carbons (Fsp3) is 0.318. The van der Waals surface area contributed by atoms with Crippen molar-refractivity contribution >= 4 is 17.0 Å². The first-order chi connectivity index (χ1) is 13.2. The first-order valence-electron chi connectivity index (χ1n) is 9.46. The minimum absolute atomic E-state index is 0.0315. The number of hydrogen-bond donors (Lipinski definition) is 1. The van der Waals surface area contributed by atoms with Crippen LogP contribution in [0.3, 0.4) is 0 Å². The van der Waals surface area contributed by atoms with Crippen LogP contribution in [0, 0.1) is 0 Å². The topological polar surface area (TPSA) is 54.7 Å². The monoisotopic (exact) mass is 362 g/mol. The van der Waals surface area contributed by atoms with E-state index in [2.05, 4.69) is 17.4 Å². The van der Waals surface area contributed by atoms with Gasteiger partial charge in [0.25, 0.3) is 0 Å². The number of amides is 2. The average Bonchev–Trinajstić information content (AvgIpc) is 3.40. The Hall–Kier alpha value is -2.79. The summed E-state index contributed by atoms with van der Waals surface area (Å²) in [7, 11) is 0. The van der Waals surface area contributed by atoms with E-state index in [-0.39, 0.29) is 11.6 Å². The molecule has 1 unspecified atom stereocenters. The highest BCUT2D eigenvalue weighted by molar-refractivity contribution is 5.78. The molecule has 2 aliphatic rings. The molecule has 0 saturated carbocycles. The molecule has 2 aromatic carbocycles. The number of rotatable bonds is 3. The van der Waals surface area contributed by atoms with Crippen molar-refractivity contribution in [3.63, 3.8) is 0 Å². The van der Waals surface area contributed by atoms with E-state index in [0.717, 1.165) is 23.2 Å². The lowest BCUT2D eigenvalue weighted by atomic mass is 9.92. The Kier molecular flexibility index (Phi) is 3.90. The van der Waals surface area contributed by atoms with E-state index in [9.17, 15) is 4.79 Å². The van der Waals surface area contributed by atoms with E-state index in [1.807, 2.05) is 47.4 Å². The fourth-order valence-electron chi connectivity index (χ4n) is 4.24. The van der Waals surface area contributed by atoms with Crippen LogP contribution in [-0.4, -0.2) is 30.6 Å². The molecule has 1 N–H and O–H groups in total. The summed E-state index contributed by atoms with van der Waals surface area (Å²) in [4.78, 5) is 14.5. The van der Waals surface area contributed by atoms with Crippen molar-refractivity contribution < 1.29 is 13.9 Å². The molecular formula is C22H22N2O3. The van der Waals surface area contributed by atoms with Crippen molar-refractivity contribution in [1.29, 1.82) is 0 Å². The van der Waals surface area contributed by atoms with Crippen molar-refractivity contribution in [3.8, 4) is 0 Å². The summed E-state index contributed by atoms with van der Waals surface area (Å²) >= 11 is 0. The van der Waals surface area contributed by atoms with E-state index in [1.54, 1.807) is 0 Å². The van der Waals surface area contributed by atoms with Crippen molar-refractivity contribution in [1.82, 2.24) is 10.2 Å². The smallest absolute Gasteiger partial charge is 0.317 e. The van der Waals surface area contributed by atoms with Gasteiger partial charge in [-0.25, -0.2) is 4.79 Å². The SMILES string of the molecule is O=C(NCCc1cc2ccccc2o1)N1CCC2(C1)OCc1ccccc12. The van der Waals surface area contributed by atoms with Gasteiger partial charge in [0.1, 0.15) is 16.9 Å². The van der Waals surface area contributed by atoms with Crippen molar-refractivity contribution in [3.05, 3.63) is 71.5 Å². The number of carbonyl (C=O) groups excluding carboxylic acids is 1. The number of para-hydroxylation sites is 1. The van der Waals surface area contributed by atoms with Gasteiger partial charge in [-0.05, 0) is 23.3 Å². The summed E-state index contributed by atoms with van der Waals surface area (Å²) in [6, 6.07) is 18.3. The number of hydrogen-bond acceptors (Lipinski definition) is 3. The summed E-state index contributed by atoms with van der Waals surface area (Å²) in [5, 5.41) is 4.11. The highest BCUT2D eigenvalue weighted by atomic mass is 16.5. The maximum atomic E-state index is 12.6. The molecule has 1 fully saturated rings. The van der Waals surface area contributed by atoms with Gasteiger partial charge in [-0.3, -0.25) is 0 Å². The Morgan fingerprint density at radius 3 is 2.93 bits per heavy atom. The number of likely N-dealkylation sites (tertiary alicyclic amines) is 1. The zero-order valence-corrected chi connectivity index (χ0v) is 15.1. The predicted octanol–water partition coefficient (Wildman–Crippen LogP) is 3.82. The Morgan fingerprint density at radius 1 is 1.15 bits per heavy atom. The van der Waals surface area contributed by atoms with Crippen molar-refractivity contribution in [2.45, 2.75) is 25.0 Å². The quantitative estimate of drug-likeness (QED) is 0.771. The Morgan fingerprint density at radius 2 is 2.00 bits per heavy atom. The molecule has 1 saturated heterocycles. The van der Waals surface area contributed by atoms with E-state index >= 15 is 0 Å². The third kappa shape index (κ3) is 2.88. The zero-order chi connectivity index (χ0) is 18.3. The highest BCUT2D eigenvalue weighted by Crippen LogP contribution is 2.43. The van der Waals surface area contributed by atoms with Crippen molar-refractivity contribution in [2.24, 2.45) is 0 Å². The Bertz CT molecular complexity index is 963. The van der Waals surface area contributed by atoms with Crippen LogP contribution in [0.5, 0.6) is 0 Å². The average molecular weight is 362 g/mol. The van der Waals surface area contributed by atoms with Crippen LogP contribution in [0.1, 0.15) is 23.3 Å². The second-order valence-corrected chi connectivity index (χ2v) is 7.34. The highest BCUT2D eigenvalue weighted by Gasteiger charge is 2.46. The van der Waals surface area contributed by atoms with Crippen LogP contribution in [0.4, 0.5) is 4.79 Å². The third-order valence-corrected chi connectivity index (χ3v) is 5.66. The van der Waals surface area contributed by atoms with E-state index in [0.29, 0.717) is 32.7 Å². The van der Waals surface area contributed by atoms with Crippen LogP contribution >= 0.6 is 0 Å². The molecule has 3 heterocycles. The maximum absolute atomic E-state index is 12.6. The molecule has 2 aliphatic heterocycles. The van der Waals surface area contributed by atoms with Gasteiger partial charge in [-0.15, -0.1) is 0 Å². The molecule has 138 valence electrons. The van der Waals surface area contributed by atoms with E-state index in [1.165, 1.54) is 11.1 Å². The molecule has 1 aromatic heterocycles. The second-order valence-electron chi connectivity index (χ2n) is 7.34. The van der Waals surface area contributed by atoms with Gasteiger partial charge in [-0.2, -0.15) is 0 Å². The molecule has 5 rings (SSSR count). The molecule has 3 aromatic rings.